The lowest BCUT2D eigenvalue weighted by Gasteiger charge is -2.42. The van der Waals surface area contributed by atoms with E-state index in [1.165, 1.54) is 5.56 Å². The van der Waals surface area contributed by atoms with E-state index < -0.39 is 0 Å². The van der Waals surface area contributed by atoms with Crippen molar-refractivity contribution in [2.24, 2.45) is 7.05 Å². The van der Waals surface area contributed by atoms with Gasteiger partial charge in [-0.15, -0.1) is 0 Å². The van der Waals surface area contributed by atoms with Crippen LogP contribution in [0, 0.1) is 0 Å². The number of aryl methyl sites for hydroxylation is 1. The molecule has 0 bridgehead atoms. The van der Waals surface area contributed by atoms with E-state index in [0.29, 0.717) is 0 Å². The molecule has 1 aliphatic heterocycles. The van der Waals surface area contributed by atoms with Gasteiger partial charge in [0.15, 0.2) is 0 Å². The van der Waals surface area contributed by atoms with Gasteiger partial charge in [0.2, 0.25) is 11.9 Å². The van der Waals surface area contributed by atoms with Gasteiger partial charge in [-0.05, 0) is 31.2 Å². The van der Waals surface area contributed by atoms with Crippen molar-refractivity contribution in [2.75, 3.05) is 18.0 Å². The van der Waals surface area contributed by atoms with Crippen molar-refractivity contribution in [3.63, 3.8) is 0 Å². The van der Waals surface area contributed by atoms with Crippen molar-refractivity contribution >= 4 is 11.9 Å². The van der Waals surface area contributed by atoms with E-state index in [1.54, 1.807) is 0 Å². The molecule has 0 unspecified atom stereocenters. The molecule has 0 spiro atoms. The molecule has 5 nitrogen and oxygen atoms in total. The molecule has 2 fully saturated rings. The average Bonchev–Trinajstić information content (AvgIpc) is 3.02. The number of amides is 1. The summed E-state index contributed by atoms with van der Waals surface area (Å²) in [5.74, 6) is 1.24. The van der Waals surface area contributed by atoms with Gasteiger partial charge in [-0.3, -0.25) is 4.79 Å². The number of hydrogen-bond donors (Lipinski definition) is 1. The molecule has 4 rings (SSSR count). The van der Waals surface area contributed by atoms with Crippen LogP contribution in [0.1, 0.15) is 37.7 Å². The molecule has 2 aromatic rings. The van der Waals surface area contributed by atoms with Gasteiger partial charge in [0.05, 0.1) is 5.41 Å². The van der Waals surface area contributed by atoms with Gasteiger partial charge in [-0.2, -0.15) is 0 Å². The van der Waals surface area contributed by atoms with Crippen LogP contribution in [0.5, 0.6) is 0 Å². The molecular weight excluding hydrogens is 312 g/mol. The highest BCUT2D eigenvalue weighted by Gasteiger charge is 2.46. The van der Waals surface area contributed by atoms with E-state index in [0.717, 1.165) is 51.1 Å². The van der Waals surface area contributed by atoms with E-state index >= 15 is 0 Å². The lowest BCUT2D eigenvalue weighted by Crippen LogP contribution is -2.54. The van der Waals surface area contributed by atoms with Crippen molar-refractivity contribution in [2.45, 2.75) is 43.6 Å². The van der Waals surface area contributed by atoms with Crippen LogP contribution in [0.2, 0.25) is 0 Å². The average molecular weight is 338 g/mol. The number of hydrogen-bond acceptors (Lipinski definition) is 3. The van der Waals surface area contributed by atoms with Gasteiger partial charge < -0.3 is 14.8 Å². The number of rotatable bonds is 4. The molecule has 1 aromatic heterocycles. The number of carbonyl (C=O) groups is 1. The second kappa shape index (κ2) is 6.54. The Balaban J connectivity index is 1.38. The molecule has 0 radical (unpaired) electrons. The van der Waals surface area contributed by atoms with Crippen molar-refractivity contribution in [3.8, 4) is 0 Å². The second-order valence-corrected chi connectivity index (χ2v) is 7.37. The molecule has 132 valence electrons. The van der Waals surface area contributed by atoms with E-state index in [2.05, 4.69) is 31.9 Å². The van der Waals surface area contributed by atoms with Crippen LogP contribution in [0.15, 0.2) is 42.7 Å². The molecule has 1 amide bonds. The summed E-state index contributed by atoms with van der Waals surface area (Å²) in [5.41, 5.74) is 0.877. The molecule has 1 saturated carbocycles. The van der Waals surface area contributed by atoms with Crippen molar-refractivity contribution in [1.29, 1.82) is 0 Å². The fraction of sp³-hybridized carbons (Fsp3) is 0.500. The Morgan fingerprint density at radius 1 is 1.20 bits per heavy atom. The lowest BCUT2D eigenvalue weighted by molar-refractivity contribution is -0.130. The molecule has 25 heavy (non-hydrogen) atoms. The summed E-state index contributed by atoms with van der Waals surface area (Å²) in [6, 6.07) is 10.6. The highest BCUT2D eigenvalue weighted by molar-refractivity contribution is 5.89. The summed E-state index contributed by atoms with van der Waals surface area (Å²) in [6.07, 6.45) is 8.84. The van der Waals surface area contributed by atoms with E-state index in [4.69, 9.17) is 0 Å². The van der Waals surface area contributed by atoms with Gasteiger partial charge in [-0.25, -0.2) is 4.98 Å². The summed E-state index contributed by atoms with van der Waals surface area (Å²) < 4.78 is 2.05. The molecule has 1 aliphatic carbocycles. The predicted molar refractivity (Wildman–Crippen MR) is 98.6 cm³/mol. The van der Waals surface area contributed by atoms with Crippen LogP contribution in [-0.4, -0.2) is 34.6 Å². The number of piperidine rings is 1. The van der Waals surface area contributed by atoms with E-state index in [-0.39, 0.29) is 17.4 Å². The van der Waals surface area contributed by atoms with E-state index in [9.17, 15) is 4.79 Å². The number of nitrogens with one attached hydrogen (secondary N) is 1. The molecular formula is C20H26N4O. The smallest absolute Gasteiger partial charge is 0.230 e. The van der Waals surface area contributed by atoms with Crippen LogP contribution < -0.4 is 10.2 Å². The summed E-state index contributed by atoms with van der Waals surface area (Å²) in [4.78, 5) is 19.8. The fourth-order valence-corrected chi connectivity index (χ4v) is 4.14. The van der Waals surface area contributed by atoms with Crippen LogP contribution in [-0.2, 0) is 17.3 Å². The minimum absolute atomic E-state index is 0.223. The first-order valence-corrected chi connectivity index (χ1v) is 9.28. The van der Waals surface area contributed by atoms with Crippen LogP contribution in [0.4, 0.5) is 5.95 Å². The van der Waals surface area contributed by atoms with Gasteiger partial charge in [-0.1, -0.05) is 36.8 Å². The summed E-state index contributed by atoms with van der Waals surface area (Å²) in [7, 11) is 2.02. The number of anilines is 1. The Hall–Kier alpha value is -2.30. The van der Waals surface area contributed by atoms with Gasteiger partial charge in [0.25, 0.3) is 0 Å². The molecule has 1 saturated heterocycles. The van der Waals surface area contributed by atoms with Crippen LogP contribution >= 0.6 is 0 Å². The Kier molecular flexibility index (Phi) is 4.24. The maximum atomic E-state index is 13.0. The minimum Gasteiger partial charge on any atom is -0.352 e. The fourth-order valence-electron chi connectivity index (χ4n) is 4.14. The van der Waals surface area contributed by atoms with Crippen LogP contribution in [0.3, 0.4) is 0 Å². The number of benzene rings is 1. The third-order valence-corrected chi connectivity index (χ3v) is 5.88. The first-order chi connectivity index (χ1) is 12.2. The number of imidazole rings is 1. The minimum atomic E-state index is -0.294. The summed E-state index contributed by atoms with van der Waals surface area (Å²) in [6.45, 7) is 1.88. The zero-order valence-electron chi connectivity index (χ0n) is 14.8. The quantitative estimate of drug-likeness (QED) is 0.932. The number of carbonyl (C=O) groups excluding carboxylic acids is 1. The highest BCUT2D eigenvalue weighted by Crippen LogP contribution is 2.44. The largest absolute Gasteiger partial charge is 0.352 e. The second-order valence-electron chi connectivity index (χ2n) is 7.37. The standard InChI is InChI=1S/C20H26N4O/c1-23-15-12-21-19(23)24-13-8-17(9-14-24)22-18(25)20(10-5-11-20)16-6-3-2-4-7-16/h2-4,6-7,12,15,17H,5,8-11,13-14H2,1H3,(H,22,25). The van der Waals surface area contributed by atoms with Gasteiger partial charge >= 0.3 is 0 Å². The topological polar surface area (TPSA) is 50.2 Å². The zero-order valence-corrected chi connectivity index (χ0v) is 14.8. The first kappa shape index (κ1) is 16.2. The molecule has 2 aliphatic rings. The summed E-state index contributed by atoms with van der Waals surface area (Å²) >= 11 is 0. The third kappa shape index (κ3) is 2.92. The Morgan fingerprint density at radius 3 is 2.48 bits per heavy atom. The Morgan fingerprint density at radius 2 is 1.92 bits per heavy atom. The summed E-state index contributed by atoms with van der Waals surface area (Å²) in [5, 5.41) is 3.35. The zero-order chi connectivity index (χ0) is 17.3. The molecule has 5 heteroatoms. The van der Waals surface area contributed by atoms with Crippen LogP contribution in [0.25, 0.3) is 0 Å². The maximum absolute atomic E-state index is 13.0. The Bertz CT molecular complexity index is 727. The van der Waals surface area contributed by atoms with Crippen molar-refractivity contribution in [3.05, 3.63) is 48.3 Å². The van der Waals surface area contributed by atoms with Crippen molar-refractivity contribution < 1.29 is 4.79 Å². The molecule has 0 atom stereocenters. The van der Waals surface area contributed by atoms with E-state index in [1.807, 2.05) is 37.6 Å². The highest BCUT2D eigenvalue weighted by atomic mass is 16.2. The lowest BCUT2D eigenvalue weighted by atomic mass is 9.63. The Labute approximate surface area is 149 Å². The van der Waals surface area contributed by atoms with Gasteiger partial charge in [0, 0.05) is 38.6 Å². The number of nitrogens with zero attached hydrogens (tertiary/aromatic N) is 3. The van der Waals surface area contributed by atoms with Crippen molar-refractivity contribution in [1.82, 2.24) is 14.9 Å². The third-order valence-electron chi connectivity index (χ3n) is 5.88. The SMILES string of the molecule is Cn1ccnc1N1CCC(NC(=O)C2(c3ccccc3)CCC2)CC1. The monoisotopic (exact) mass is 338 g/mol. The normalized spacial score (nSPS) is 20.1. The molecule has 1 N–H and O–H groups in total. The maximum Gasteiger partial charge on any atom is 0.230 e. The first-order valence-electron chi connectivity index (χ1n) is 9.28. The number of aromatic nitrogens is 2. The molecule has 2 heterocycles. The predicted octanol–water partition coefficient (Wildman–Crippen LogP) is 2.63. The van der Waals surface area contributed by atoms with Gasteiger partial charge in [0.1, 0.15) is 0 Å². The molecule has 1 aromatic carbocycles.